The Labute approximate surface area is 122 Å². The number of hydrogen-bond donors (Lipinski definition) is 1. The van der Waals surface area contributed by atoms with Crippen molar-refractivity contribution in [1.82, 2.24) is 10.2 Å². The van der Waals surface area contributed by atoms with Crippen molar-refractivity contribution >= 4 is 23.4 Å². The number of hydrogen-bond acceptors (Lipinski definition) is 3. The number of benzene rings is 1. The molecular weight excluding hydrogens is 280 g/mol. The van der Waals surface area contributed by atoms with Gasteiger partial charge in [0.1, 0.15) is 11.3 Å². The van der Waals surface area contributed by atoms with Crippen molar-refractivity contribution in [3.8, 4) is 5.75 Å². The summed E-state index contributed by atoms with van der Waals surface area (Å²) in [6, 6.07) is 4.85. The minimum atomic E-state index is -0.873. The van der Waals surface area contributed by atoms with Crippen molar-refractivity contribution in [3.05, 3.63) is 28.8 Å². The van der Waals surface area contributed by atoms with Crippen LogP contribution in [0, 0.1) is 0 Å². The molecule has 108 valence electrons. The summed E-state index contributed by atoms with van der Waals surface area (Å²) in [6.07, 6.45) is 0. The lowest BCUT2D eigenvalue weighted by Crippen LogP contribution is -2.63. The second-order valence-corrected chi connectivity index (χ2v) is 5.53. The molecule has 2 amide bonds. The Bertz CT molecular complexity index is 557. The number of nitrogens with zero attached hydrogens (tertiary/aromatic N) is 1. The summed E-state index contributed by atoms with van der Waals surface area (Å²) in [6.45, 7) is 4.38. The third-order valence-corrected chi connectivity index (χ3v) is 3.79. The van der Waals surface area contributed by atoms with E-state index in [0.29, 0.717) is 29.4 Å². The Hall–Kier alpha value is -1.75. The van der Waals surface area contributed by atoms with Gasteiger partial charge in [-0.05, 0) is 32.0 Å². The van der Waals surface area contributed by atoms with Crippen LogP contribution in [0.3, 0.4) is 0 Å². The Morgan fingerprint density at radius 1 is 1.45 bits per heavy atom. The summed E-state index contributed by atoms with van der Waals surface area (Å²) in [7, 11) is 1.51. The molecule has 1 N–H and O–H groups in total. The molecule has 0 radical (unpaired) electrons. The van der Waals surface area contributed by atoms with Gasteiger partial charge in [0.2, 0.25) is 5.91 Å². The summed E-state index contributed by atoms with van der Waals surface area (Å²) in [5, 5.41) is 3.13. The molecule has 6 heteroatoms. The van der Waals surface area contributed by atoms with E-state index in [-0.39, 0.29) is 11.8 Å². The summed E-state index contributed by atoms with van der Waals surface area (Å²) < 4.78 is 5.06. The predicted octanol–water partition coefficient (Wildman–Crippen LogP) is 1.70. The first kappa shape index (κ1) is 14.7. The average molecular weight is 297 g/mol. The van der Waals surface area contributed by atoms with Gasteiger partial charge in [-0.3, -0.25) is 9.59 Å². The standard InChI is InChI=1S/C14H17ClN2O3/c1-14(2)13(19)16-6-7-17(14)12(18)9-4-5-11(20-3)10(15)8-9/h4-5,8H,6-7H2,1-3H3,(H,16,19). The molecule has 1 saturated heterocycles. The lowest BCUT2D eigenvalue weighted by atomic mass is 9.97. The molecule has 2 rings (SSSR count). The van der Waals surface area contributed by atoms with Crippen LogP contribution < -0.4 is 10.1 Å². The summed E-state index contributed by atoms with van der Waals surface area (Å²) in [4.78, 5) is 26.0. The van der Waals surface area contributed by atoms with Crippen LogP contribution in [-0.4, -0.2) is 42.5 Å². The van der Waals surface area contributed by atoms with Crippen molar-refractivity contribution < 1.29 is 14.3 Å². The molecule has 1 aromatic rings. The third kappa shape index (κ3) is 2.45. The lowest BCUT2D eigenvalue weighted by molar-refractivity contribution is -0.133. The summed E-state index contributed by atoms with van der Waals surface area (Å²) in [5.74, 6) is 0.143. The van der Waals surface area contributed by atoms with Crippen molar-refractivity contribution in [1.29, 1.82) is 0 Å². The quantitative estimate of drug-likeness (QED) is 0.904. The van der Waals surface area contributed by atoms with Crippen molar-refractivity contribution in [3.63, 3.8) is 0 Å². The molecule has 20 heavy (non-hydrogen) atoms. The third-order valence-electron chi connectivity index (χ3n) is 3.50. The molecule has 0 saturated carbocycles. The maximum absolute atomic E-state index is 12.6. The number of amides is 2. The molecule has 0 bridgehead atoms. The number of nitrogens with one attached hydrogen (secondary N) is 1. The van der Waals surface area contributed by atoms with Crippen LogP contribution in [0.4, 0.5) is 0 Å². The van der Waals surface area contributed by atoms with Gasteiger partial charge in [0, 0.05) is 18.7 Å². The van der Waals surface area contributed by atoms with Gasteiger partial charge in [0.05, 0.1) is 12.1 Å². The van der Waals surface area contributed by atoms with Crippen LogP contribution in [0.2, 0.25) is 5.02 Å². The highest BCUT2D eigenvalue weighted by Crippen LogP contribution is 2.27. The van der Waals surface area contributed by atoms with Crippen LogP contribution in [-0.2, 0) is 4.79 Å². The first-order valence-corrected chi connectivity index (χ1v) is 6.69. The molecule has 1 aromatic carbocycles. The minimum Gasteiger partial charge on any atom is -0.495 e. The molecule has 1 aliphatic heterocycles. The molecule has 1 aliphatic rings. The fourth-order valence-corrected chi connectivity index (χ4v) is 2.47. The highest BCUT2D eigenvalue weighted by atomic mass is 35.5. The number of rotatable bonds is 2. The van der Waals surface area contributed by atoms with E-state index < -0.39 is 5.54 Å². The van der Waals surface area contributed by atoms with Gasteiger partial charge in [-0.15, -0.1) is 0 Å². The zero-order valence-electron chi connectivity index (χ0n) is 11.7. The van der Waals surface area contributed by atoms with Crippen molar-refractivity contribution in [2.75, 3.05) is 20.2 Å². The summed E-state index contributed by atoms with van der Waals surface area (Å²) in [5.41, 5.74) is -0.430. The smallest absolute Gasteiger partial charge is 0.254 e. The Balaban J connectivity index is 2.31. The van der Waals surface area contributed by atoms with Gasteiger partial charge in [-0.25, -0.2) is 0 Å². The normalized spacial score (nSPS) is 17.6. The average Bonchev–Trinajstić information content (AvgIpc) is 2.41. The van der Waals surface area contributed by atoms with Crippen molar-refractivity contribution in [2.45, 2.75) is 19.4 Å². The topological polar surface area (TPSA) is 58.6 Å². The van der Waals surface area contributed by atoms with E-state index in [1.165, 1.54) is 7.11 Å². The monoisotopic (exact) mass is 296 g/mol. The highest BCUT2D eigenvalue weighted by molar-refractivity contribution is 6.32. The summed E-state index contributed by atoms with van der Waals surface area (Å²) >= 11 is 6.04. The van der Waals surface area contributed by atoms with Crippen LogP contribution >= 0.6 is 11.6 Å². The Kier molecular flexibility index (Phi) is 3.90. The molecule has 0 aliphatic carbocycles. The lowest BCUT2D eigenvalue weighted by Gasteiger charge is -2.41. The first-order valence-electron chi connectivity index (χ1n) is 6.31. The van der Waals surface area contributed by atoms with Gasteiger partial charge in [0.25, 0.3) is 5.91 Å². The number of carbonyl (C=O) groups is 2. The molecule has 5 nitrogen and oxygen atoms in total. The molecule has 0 spiro atoms. The largest absolute Gasteiger partial charge is 0.495 e. The molecule has 1 heterocycles. The van der Waals surface area contributed by atoms with Crippen LogP contribution in [0.25, 0.3) is 0 Å². The Morgan fingerprint density at radius 2 is 2.15 bits per heavy atom. The highest BCUT2D eigenvalue weighted by Gasteiger charge is 2.40. The van der Waals surface area contributed by atoms with E-state index >= 15 is 0 Å². The molecule has 1 fully saturated rings. The predicted molar refractivity (Wildman–Crippen MR) is 76.1 cm³/mol. The van der Waals surface area contributed by atoms with E-state index in [2.05, 4.69) is 5.32 Å². The molecule has 0 atom stereocenters. The van der Waals surface area contributed by atoms with Crippen LogP contribution in [0.15, 0.2) is 18.2 Å². The fraction of sp³-hybridized carbons (Fsp3) is 0.429. The second kappa shape index (κ2) is 5.32. The minimum absolute atomic E-state index is 0.156. The van der Waals surface area contributed by atoms with E-state index in [4.69, 9.17) is 16.3 Å². The van der Waals surface area contributed by atoms with Crippen LogP contribution in [0.5, 0.6) is 5.75 Å². The number of methoxy groups -OCH3 is 1. The number of carbonyl (C=O) groups excluding carboxylic acids is 2. The van der Waals surface area contributed by atoms with E-state index in [1.807, 2.05) is 0 Å². The van der Waals surface area contributed by atoms with Gasteiger partial charge < -0.3 is 15.0 Å². The first-order chi connectivity index (χ1) is 9.37. The van der Waals surface area contributed by atoms with E-state index in [9.17, 15) is 9.59 Å². The number of halogens is 1. The second-order valence-electron chi connectivity index (χ2n) is 5.12. The molecule has 0 aromatic heterocycles. The van der Waals surface area contributed by atoms with Crippen molar-refractivity contribution in [2.24, 2.45) is 0 Å². The van der Waals surface area contributed by atoms with Gasteiger partial charge in [-0.2, -0.15) is 0 Å². The van der Waals surface area contributed by atoms with Gasteiger partial charge in [0.15, 0.2) is 0 Å². The zero-order valence-corrected chi connectivity index (χ0v) is 12.5. The SMILES string of the molecule is COc1ccc(C(=O)N2CCNC(=O)C2(C)C)cc1Cl. The number of piperazine rings is 1. The van der Waals surface area contributed by atoms with Crippen LogP contribution in [0.1, 0.15) is 24.2 Å². The van der Waals surface area contributed by atoms with Gasteiger partial charge >= 0.3 is 0 Å². The zero-order chi connectivity index (χ0) is 14.9. The maximum Gasteiger partial charge on any atom is 0.254 e. The number of ether oxygens (including phenoxy) is 1. The van der Waals surface area contributed by atoms with Gasteiger partial charge in [-0.1, -0.05) is 11.6 Å². The Morgan fingerprint density at radius 3 is 2.75 bits per heavy atom. The fourth-order valence-electron chi connectivity index (χ4n) is 2.21. The maximum atomic E-state index is 12.6. The molecular formula is C14H17ClN2O3. The van der Waals surface area contributed by atoms with E-state index in [1.54, 1.807) is 36.9 Å². The van der Waals surface area contributed by atoms with E-state index in [0.717, 1.165) is 0 Å². The molecule has 0 unspecified atom stereocenters.